The highest BCUT2D eigenvalue weighted by Gasteiger charge is 2.17. The molecule has 1 aliphatic rings. The van der Waals surface area contributed by atoms with Gasteiger partial charge in [-0.25, -0.2) is 0 Å². The summed E-state index contributed by atoms with van der Waals surface area (Å²) in [5, 5.41) is 3.35. The molecule has 0 radical (unpaired) electrons. The van der Waals surface area contributed by atoms with Gasteiger partial charge in [0.25, 0.3) is 5.91 Å². The molecule has 0 saturated heterocycles. The third-order valence-electron chi connectivity index (χ3n) is 4.80. The lowest BCUT2D eigenvalue weighted by Crippen LogP contribution is -2.31. The standard InChI is InChI=1S/C23H23N3O3/c1-2-26(15-17-6-4-3-5-7-17)23(27)20-13-19(10-11-24-20)25-14-18-8-9-21-22(12-18)29-16-28-21/h3-13H,2,14-16H2,1H3,(H,24,25). The molecule has 0 spiro atoms. The molecule has 1 N–H and O–H groups in total. The SMILES string of the molecule is CCN(Cc1ccccc1)C(=O)c1cc(NCc2ccc3c(c2)OCO3)ccn1. The van der Waals surface area contributed by atoms with Crippen LogP contribution >= 0.6 is 0 Å². The Bertz CT molecular complexity index is 992. The van der Waals surface area contributed by atoms with Gasteiger partial charge in [0.1, 0.15) is 5.69 Å². The minimum atomic E-state index is -0.0805. The third kappa shape index (κ3) is 4.48. The number of carbonyl (C=O) groups is 1. The molecule has 6 heteroatoms. The quantitative estimate of drug-likeness (QED) is 0.660. The van der Waals surface area contributed by atoms with Gasteiger partial charge >= 0.3 is 0 Å². The number of hydrogen-bond acceptors (Lipinski definition) is 5. The molecule has 1 aromatic heterocycles. The van der Waals surface area contributed by atoms with Crippen molar-refractivity contribution in [2.24, 2.45) is 0 Å². The molecular weight excluding hydrogens is 366 g/mol. The van der Waals surface area contributed by atoms with Crippen molar-refractivity contribution in [3.8, 4) is 11.5 Å². The summed E-state index contributed by atoms with van der Waals surface area (Å²) in [6, 6.07) is 19.5. The van der Waals surface area contributed by atoms with Gasteiger partial charge in [-0.1, -0.05) is 36.4 Å². The summed E-state index contributed by atoms with van der Waals surface area (Å²) in [5.74, 6) is 1.45. The fraction of sp³-hybridized carbons (Fsp3) is 0.217. The molecule has 6 nitrogen and oxygen atoms in total. The molecule has 0 atom stereocenters. The second-order valence-electron chi connectivity index (χ2n) is 6.78. The van der Waals surface area contributed by atoms with Crippen LogP contribution in [0.2, 0.25) is 0 Å². The molecule has 3 aromatic rings. The number of pyridine rings is 1. The number of nitrogens with one attached hydrogen (secondary N) is 1. The lowest BCUT2D eigenvalue weighted by molar-refractivity contribution is 0.0746. The Balaban J connectivity index is 1.42. The number of amides is 1. The van der Waals surface area contributed by atoms with Crippen molar-refractivity contribution < 1.29 is 14.3 Å². The van der Waals surface area contributed by atoms with Gasteiger partial charge in [-0.05, 0) is 42.3 Å². The number of fused-ring (bicyclic) bond motifs is 1. The first-order chi connectivity index (χ1) is 14.2. The van der Waals surface area contributed by atoms with Gasteiger partial charge in [0.2, 0.25) is 6.79 Å². The minimum absolute atomic E-state index is 0.0805. The molecule has 1 aliphatic heterocycles. The predicted molar refractivity (Wildman–Crippen MR) is 111 cm³/mol. The Hall–Kier alpha value is -3.54. The van der Waals surface area contributed by atoms with Crippen molar-refractivity contribution in [2.75, 3.05) is 18.7 Å². The zero-order valence-electron chi connectivity index (χ0n) is 16.3. The second kappa shape index (κ2) is 8.65. The number of nitrogens with zero attached hydrogens (tertiary/aromatic N) is 2. The monoisotopic (exact) mass is 389 g/mol. The van der Waals surface area contributed by atoms with E-state index in [4.69, 9.17) is 9.47 Å². The highest BCUT2D eigenvalue weighted by Crippen LogP contribution is 2.32. The van der Waals surface area contributed by atoms with Crippen molar-refractivity contribution in [1.29, 1.82) is 0 Å². The van der Waals surface area contributed by atoms with Crippen molar-refractivity contribution in [3.63, 3.8) is 0 Å². The summed E-state index contributed by atoms with van der Waals surface area (Å²) in [6.07, 6.45) is 1.66. The van der Waals surface area contributed by atoms with E-state index in [2.05, 4.69) is 10.3 Å². The van der Waals surface area contributed by atoms with Crippen LogP contribution < -0.4 is 14.8 Å². The molecule has 0 aliphatic carbocycles. The van der Waals surface area contributed by atoms with E-state index in [1.165, 1.54) is 0 Å². The van der Waals surface area contributed by atoms with Crippen molar-refractivity contribution in [1.82, 2.24) is 9.88 Å². The van der Waals surface area contributed by atoms with Crippen LogP contribution in [0.1, 0.15) is 28.5 Å². The van der Waals surface area contributed by atoms with E-state index >= 15 is 0 Å². The number of rotatable bonds is 7. The number of carbonyl (C=O) groups excluding carboxylic acids is 1. The normalized spacial score (nSPS) is 11.9. The van der Waals surface area contributed by atoms with Crippen LogP contribution in [0.5, 0.6) is 11.5 Å². The first kappa shape index (κ1) is 18.8. The Morgan fingerprint density at radius 3 is 2.69 bits per heavy atom. The zero-order valence-corrected chi connectivity index (χ0v) is 16.3. The van der Waals surface area contributed by atoms with Gasteiger partial charge < -0.3 is 19.7 Å². The molecule has 0 unspecified atom stereocenters. The number of benzene rings is 2. The summed E-state index contributed by atoms with van der Waals surface area (Å²) >= 11 is 0. The summed E-state index contributed by atoms with van der Waals surface area (Å²) in [6.45, 7) is 4.02. The van der Waals surface area contributed by atoms with E-state index in [1.807, 2.05) is 61.5 Å². The fourth-order valence-electron chi connectivity index (χ4n) is 3.21. The summed E-state index contributed by atoms with van der Waals surface area (Å²) in [7, 11) is 0. The maximum Gasteiger partial charge on any atom is 0.272 e. The van der Waals surface area contributed by atoms with Crippen LogP contribution in [0.25, 0.3) is 0 Å². The largest absolute Gasteiger partial charge is 0.454 e. The topological polar surface area (TPSA) is 63.7 Å². The first-order valence-corrected chi connectivity index (χ1v) is 9.64. The molecule has 29 heavy (non-hydrogen) atoms. The summed E-state index contributed by atoms with van der Waals surface area (Å²) in [4.78, 5) is 19.0. The summed E-state index contributed by atoms with van der Waals surface area (Å²) in [5.41, 5.74) is 3.44. The third-order valence-corrected chi connectivity index (χ3v) is 4.80. The molecule has 2 heterocycles. The highest BCUT2D eigenvalue weighted by molar-refractivity contribution is 5.93. The van der Waals surface area contributed by atoms with Crippen LogP contribution in [0.3, 0.4) is 0 Å². The van der Waals surface area contributed by atoms with Crippen LogP contribution in [-0.2, 0) is 13.1 Å². The van der Waals surface area contributed by atoms with Crippen molar-refractivity contribution in [3.05, 3.63) is 83.7 Å². The molecular formula is C23H23N3O3. The Labute approximate surface area is 170 Å². The highest BCUT2D eigenvalue weighted by atomic mass is 16.7. The minimum Gasteiger partial charge on any atom is -0.454 e. The molecule has 2 aromatic carbocycles. The second-order valence-corrected chi connectivity index (χ2v) is 6.78. The van der Waals surface area contributed by atoms with Gasteiger partial charge in [-0.15, -0.1) is 0 Å². The molecule has 0 fully saturated rings. The van der Waals surface area contributed by atoms with Gasteiger partial charge in [-0.2, -0.15) is 0 Å². The number of ether oxygens (including phenoxy) is 2. The predicted octanol–water partition coefficient (Wildman–Crippen LogP) is 4.08. The van der Waals surface area contributed by atoms with Gasteiger partial charge in [0, 0.05) is 31.5 Å². The average Bonchev–Trinajstić information content (AvgIpc) is 3.24. The van der Waals surface area contributed by atoms with E-state index in [0.717, 1.165) is 28.3 Å². The molecule has 0 bridgehead atoms. The van der Waals surface area contributed by atoms with Crippen LogP contribution in [-0.4, -0.2) is 29.1 Å². The number of hydrogen-bond donors (Lipinski definition) is 1. The van der Waals surface area contributed by atoms with Crippen LogP contribution in [0.15, 0.2) is 66.9 Å². The number of anilines is 1. The smallest absolute Gasteiger partial charge is 0.272 e. The molecule has 148 valence electrons. The van der Waals surface area contributed by atoms with E-state index in [0.29, 0.717) is 25.3 Å². The van der Waals surface area contributed by atoms with Crippen LogP contribution in [0, 0.1) is 0 Å². The Morgan fingerprint density at radius 2 is 1.86 bits per heavy atom. The van der Waals surface area contributed by atoms with Crippen LogP contribution in [0.4, 0.5) is 5.69 Å². The van der Waals surface area contributed by atoms with E-state index in [-0.39, 0.29) is 12.7 Å². The Kier molecular flexibility index (Phi) is 5.61. The molecule has 1 amide bonds. The lowest BCUT2D eigenvalue weighted by atomic mass is 10.2. The van der Waals surface area contributed by atoms with Gasteiger partial charge in [-0.3, -0.25) is 9.78 Å². The van der Waals surface area contributed by atoms with E-state index in [9.17, 15) is 4.79 Å². The first-order valence-electron chi connectivity index (χ1n) is 9.64. The molecule has 0 saturated carbocycles. The van der Waals surface area contributed by atoms with E-state index in [1.54, 1.807) is 17.2 Å². The van der Waals surface area contributed by atoms with E-state index < -0.39 is 0 Å². The maximum absolute atomic E-state index is 12.9. The fourth-order valence-corrected chi connectivity index (χ4v) is 3.21. The number of aromatic nitrogens is 1. The van der Waals surface area contributed by atoms with Gasteiger partial charge in [0.05, 0.1) is 0 Å². The van der Waals surface area contributed by atoms with Gasteiger partial charge in [0.15, 0.2) is 11.5 Å². The lowest BCUT2D eigenvalue weighted by Gasteiger charge is -2.21. The summed E-state index contributed by atoms with van der Waals surface area (Å²) < 4.78 is 10.8. The maximum atomic E-state index is 12.9. The Morgan fingerprint density at radius 1 is 1.03 bits per heavy atom. The average molecular weight is 389 g/mol. The van der Waals surface area contributed by atoms with Crippen molar-refractivity contribution in [2.45, 2.75) is 20.0 Å². The zero-order chi connectivity index (χ0) is 20.1. The molecule has 4 rings (SSSR count). The van der Waals surface area contributed by atoms with Crippen molar-refractivity contribution >= 4 is 11.6 Å².